The Morgan fingerprint density at radius 3 is 2.50 bits per heavy atom. The zero-order valence-corrected chi connectivity index (χ0v) is 14.1. The number of alkyl halides is 2. The smallest absolute Gasteiger partial charge is 0.345 e. The summed E-state index contributed by atoms with van der Waals surface area (Å²) in [6.07, 6.45) is 4.57. The highest BCUT2D eigenvalue weighted by atomic mass is 19.3. The third-order valence-electron chi connectivity index (χ3n) is 5.36. The van der Waals surface area contributed by atoms with Crippen molar-refractivity contribution < 1.29 is 28.8 Å². The van der Waals surface area contributed by atoms with Gasteiger partial charge in [0.1, 0.15) is 18.3 Å². The second kappa shape index (κ2) is 8.67. The van der Waals surface area contributed by atoms with Crippen LogP contribution in [-0.4, -0.2) is 59.4 Å². The van der Waals surface area contributed by atoms with Crippen LogP contribution in [0.25, 0.3) is 0 Å². The van der Waals surface area contributed by atoms with E-state index >= 15 is 0 Å². The van der Waals surface area contributed by atoms with Crippen LogP contribution in [-0.2, 0) is 4.74 Å². The van der Waals surface area contributed by atoms with Gasteiger partial charge in [-0.15, -0.1) is 0 Å². The van der Waals surface area contributed by atoms with Crippen molar-refractivity contribution in [3.63, 3.8) is 0 Å². The maximum absolute atomic E-state index is 12.2. The van der Waals surface area contributed by atoms with Crippen LogP contribution in [0.2, 0.25) is 0 Å². The van der Waals surface area contributed by atoms with Gasteiger partial charge in [0, 0.05) is 0 Å². The zero-order chi connectivity index (χ0) is 17.7. The van der Waals surface area contributed by atoms with Crippen LogP contribution in [0.15, 0.2) is 11.6 Å². The highest BCUT2D eigenvalue weighted by Gasteiger charge is 2.37. The Balaban J connectivity index is 1.91. The third-order valence-corrected chi connectivity index (χ3v) is 5.36. The second-order valence-electron chi connectivity index (χ2n) is 7.34. The van der Waals surface area contributed by atoms with Crippen LogP contribution >= 0.6 is 0 Å². The first-order valence-electron chi connectivity index (χ1n) is 8.70. The average molecular weight is 349 g/mol. The van der Waals surface area contributed by atoms with Gasteiger partial charge >= 0.3 is 6.61 Å². The summed E-state index contributed by atoms with van der Waals surface area (Å²) in [5.41, 5.74) is 0.448. The van der Waals surface area contributed by atoms with E-state index in [-0.39, 0.29) is 11.0 Å². The highest BCUT2D eigenvalue weighted by molar-refractivity contribution is 5.21. The molecule has 2 rings (SSSR count). The number of ether oxygens (including phenoxy) is 1. The lowest BCUT2D eigenvalue weighted by Crippen LogP contribution is -2.54. The zero-order valence-electron chi connectivity index (χ0n) is 14.1. The molecule has 0 aromatic heterocycles. The normalized spacial score (nSPS) is 33.5. The molecule has 0 saturated heterocycles. The van der Waals surface area contributed by atoms with E-state index in [9.17, 15) is 24.1 Å². The molecule has 1 saturated carbocycles. The molecule has 24 heavy (non-hydrogen) atoms. The average Bonchev–Trinajstić information content (AvgIpc) is 2.54. The molecule has 140 valence electrons. The molecule has 0 aromatic rings. The molecule has 0 amide bonds. The maximum atomic E-state index is 12.2. The van der Waals surface area contributed by atoms with Crippen LogP contribution in [0.4, 0.5) is 8.78 Å². The molecule has 2 aliphatic carbocycles. The lowest BCUT2D eigenvalue weighted by molar-refractivity contribution is -0.129. The molecule has 0 bridgehead atoms. The molecule has 5 nitrogen and oxygen atoms in total. The van der Waals surface area contributed by atoms with Gasteiger partial charge in [-0.25, -0.2) is 0 Å². The number of hydrogen-bond donors (Lipinski definition) is 4. The van der Waals surface area contributed by atoms with Crippen molar-refractivity contribution in [1.29, 1.82) is 0 Å². The van der Waals surface area contributed by atoms with E-state index < -0.39 is 37.6 Å². The molecule has 0 heterocycles. The topological polar surface area (TPSA) is 82.0 Å². The summed E-state index contributed by atoms with van der Waals surface area (Å²) in [6, 6.07) is -0.591. The Morgan fingerprint density at radius 1 is 1.21 bits per heavy atom. The van der Waals surface area contributed by atoms with E-state index in [1.54, 1.807) is 0 Å². The Morgan fingerprint density at radius 2 is 1.88 bits per heavy atom. The quantitative estimate of drug-likeness (QED) is 0.525. The predicted molar refractivity (Wildman–Crippen MR) is 85.7 cm³/mol. The summed E-state index contributed by atoms with van der Waals surface area (Å²) >= 11 is 0. The van der Waals surface area contributed by atoms with Crippen LogP contribution in [0, 0.1) is 5.41 Å². The first-order valence-corrected chi connectivity index (χ1v) is 8.70. The van der Waals surface area contributed by atoms with Crippen molar-refractivity contribution in [2.45, 2.75) is 76.4 Å². The van der Waals surface area contributed by atoms with Crippen molar-refractivity contribution in [2.24, 2.45) is 5.41 Å². The number of halogens is 2. The highest BCUT2D eigenvalue weighted by Crippen LogP contribution is 2.38. The van der Waals surface area contributed by atoms with E-state index in [4.69, 9.17) is 0 Å². The fourth-order valence-corrected chi connectivity index (χ4v) is 3.71. The summed E-state index contributed by atoms with van der Waals surface area (Å²) in [6.45, 7) is -0.500. The minimum atomic E-state index is -2.94. The summed E-state index contributed by atoms with van der Waals surface area (Å²) in [4.78, 5) is 0. The predicted octanol–water partition coefficient (Wildman–Crippen LogP) is 1.57. The third kappa shape index (κ3) is 5.20. The van der Waals surface area contributed by atoms with E-state index in [2.05, 4.69) is 17.0 Å². The second-order valence-corrected chi connectivity index (χ2v) is 7.34. The van der Waals surface area contributed by atoms with Crippen LogP contribution < -0.4 is 5.32 Å². The number of aliphatic hydroxyl groups excluding tert-OH is 3. The number of aliphatic hydroxyl groups is 3. The van der Waals surface area contributed by atoms with Crippen molar-refractivity contribution >= 4 is 0 Å². The van der Waals surface area contributed by atoms with Crippen LogP contribution in [0.3, 0.4) is 0 Å². The van der Waals surface area contributed by atoms with Gasteiger partial charge in [-0.2, -0.15) is 8.78 Å². The molecule has 2 aliphatic rings. The fourth-order valence-electron chi connectivity index (χ4n) is 3.71. The van der Waals surface area contributed by atoms with Crippen molar-refractivity contribution in [3.8, 4) is 0 Å². The molecule has 0 aliphatic heterocycles. The summed E-state index contributed by atoms with van der Waals surface area (Å²) < 4.78 is 28.6. The Labute approximate surface area is 141 Å². The lowest BCUT2D eigenvalue weighted by Gasteiger charge is -2.37. The first-order chi connectivity index (χ1) is 11.3. The van der Waals surface area contributed by atoms with Gasteiger partial charge in [-0.1, -0.05) is 32.3 Å². The molecule has 0 radical (unpaired) electrons. The molecule has 7 heteroatoms. The molecule has 0 unspecified atom stereocenters. The minimum absolute atomic E-state index is 0.162. The number of hydrogen-bond acceptors (Lipinski definition) is 5. The maximum Gasteiger partial charge on any atom is 0.345 e. The number of nitrogens with one attached hydrogen (secondary N) is 1. The number of rotatable bonds is 7. The molecule has 1 fully saturated rings. The van der Waals surface area contributed by atoms with Gasteiger partial charge < -0.3 is 25.4 Å². The van der Waals surface area contributed by atoms with Gasteiger partial charge in [0.05, 0.1) is 12.6 Å². The summed E-state index contributed by atoms with van der Waals surface area (Å²) in [5, 5.41) is 33.1. The molecular formula is C17H29F2NO4. The molecule has 4 atom stereocenters. The summed E-state index contributed by atoms with van der Waals surface area (Å²) in [7, 11) is 0. The van der Waals surface area contributed by atoms with Gasteiger partial charge in [0.25, 0.3) is 0 Å². The van der Waals surface area contributed by atoms with E-state index in [0.717, 1.165) is 6.42 Å². The van der Waals surface area contributed by atoms with Crippen molar-refractivity contribution in [3.05, 3.63) is 11.6 Å². The monoisotopic (exact) mass is 349 g/mol. The van der Waals surface area contributed by atoms with Gasteiger partial charge in [-0.05, 0) is 36.8 Å². The van der Waals surface area contributed by atoms with Crippen molar-refractivity contribution in [2.75, 3.05) is 13.2 Å². The molecular weight excluding hydrogens is 320 g/mol. The molecule has 0 spiro atoms. The molecule has 4 N–H and O–H groups in total. The summed E-state index contributed by atoms with van der Waals surface area (Å²) in [5.74, 6) is 0. The molecule has 0 aromatic carbocycles. The SMILES string of the molecule is CC1(CCN[C@@H]2C=C(COC(F)F)[C@H](O)[C@H](O)[C@H]2O)CCCCC1. The standard InChI is InChI=1S/C17H29F2NO4/c1-17(5-3-2-4-6-17)7-8-20-12-9-11(10-24-16(18)19)13(21)15(23)14(12)22/h9,12-16,20-23H,2-8,10H2,1H3/t12-,13+,14+,15+/m1/s1. The van der Waals surface area contributed by atoms with Crippen LogP contribution in [0.1, 0.15) is 45.4 Å². The van der Waals surface area contributed by atoms with E-state index in [0.29, 0.717) is 6.54 Å². The minimum Gasteiger partial charge on any atom is -0.388 e. The fraction of sp³-hybridized carbons (Fsp3) is 0.882. The van der Waals surface area contributed by atoms with E-state index in [1.807, 2.05) is 0 Å². The Bertz CT molecular complexity index is 427. The Hall–Kier alpha value is -0.600. The van der Waals surface area contributed by atoms with Crippen LogP contribution in [0.5, 0.6) is 0 Å². The first kappa shape index (κ1) is 19.7. The van der Waals surface area contributed by atoms with E-state index in [1.165, 1.54) is 38.2 Å². The van der Waals surface area contributed by atoms with Gasteiger partial charge in [-0.3, -0.25) is 0 Å². The van der Waals surface area contributed by atoms with Gasteiger partial charge in [0.15, 0.2) is 0 Å². The lowest BCUT2D eigenvalue weighted by atomic mass is 9.73. The largest absolute Gasteiger partial charge is 0.388 e. The van der Waals surface area contributed by atoms with Crippen molar-refractivity contribution in [1.82, 2.24) is 5.32 Å². The Kier molecular flexibility index (Phi) is 7.12. The van der Waals surface area contributed by atoms with Gasteiger partial charge in [0.2, 0.25) is 0 Å².